The third-order valence-corrected chi connectivity index (χ3v) is 5.96. The summed E-state index contributed by atoms with van der Waals surface area (Å²) in [6.07, 6.45) is 4.81. The van der Waals surface area contributed by atoms with Crippen LogP contribution in [0.5, 0.6) is 11.5 Å². The van der Waals surface area contributed by atoms with E-state index >= 15 is 0 Å². The number of nitrogens with zero attached hydrogens (tertiary/aromatic N) is 2. The molecule has 1 aromatic carbocycles. The lowest BCUT2D eigenvalue weighted by Gasteiger charge is -2.32. The van der Waals surface area contributed by atoms with E-state index in [1.807, 2.05) is 29.5 Å². The highest BCUT2D eigenvalue weighted by atomic mass is 79.9. The lowest BCUT2D eigenvalue weighted by molar-refractivity contribution is 0.0706. The van der Waals surface area contributed by atoms with Gasteiger partial charge in [-0.2, -0.15) is 0 Å². The van der Waals surface area contributed by atoms with Crippen LogP contribution >= 0.6 is 27.3 Å². The standard InChI is InChI=1S/C19H23BrN2O3S/c1-3-8-25-17-15(20)10-14(11-16(17)24-2)19(23)22-7-4-5-13(12-22)18-21-6-9-26-18/h6,9-11,13H,3-5,7-8,12H2,1-2H3. The fraction of sp³-hybridized carbons (Fsp3) is 0.474. The summed E-state index contributed by atoms with van der Waals surface area (Å²) in [7, 11) is 1.59. The molecule has 0 saturated carbocycles. The molecule has 140 valence electrons. The zero-order valence-corrected chi connectivity index (χ0v) is 17.4. The van der Waals surface area contributed by atoms with Gasteiger partial charge in [0.2, 0.25) is 0 Å². The number of thiazole rings is 1. The number of aromatic nitrogens is 1. The predicted molar refractivity (Wildman–Crippen MR) is 106 cm³/mol. The number of benzene rings is 1. The maximum Gasteiger partial charge on any atom is 0.254 e. The average molecular weight is 439 g/mol. The van der Waals surface area contributed by atoms with Crippen molar-refractivity contribution in [1.29, 1.82) is 0 Å². The molecule has 2 aromatic rings. The molecule has 2 heterocycles. The van der Waals surface area contributed by atoms with Crippen molar-refractivity contribution in [2.75, 3.05) is 26.8 Å². The highest BCUT2D eigenvalue weighted by Gasteiger charge is 2.28. The van der Waals surface area contributed by atoms with Crippen molar-refractivity contribution < 1.29 is 14.3 Å². The topological polar surface area (TPSA) is 51.7 Å². The summed E-state index contributed by atoms with van der Waals surface area (Å²) in [6.45, 7) is 4.13. The van der Waals surface area contributed by atoms with Gasteiger partial charge in [0.05, 0.1) is 23.2 Å². The van der Waals surface area contributed by atoms with Crippen LogP contribution in [0.15, 0.2) is 28.2 Å². The summed E-state index contributed by atoms with van der Waals surface area (Å²) in [5.74, 6) is 1.56. The van der Waals surface area contributed by atoms with Crippen molar-refractivity contribution in [3.8, 4) is 11.5 Å². The maximum absolute atomic E-state index is 13.1. The van der Waals surface area contributed by atoms with E-state index in [1.165, 1.54) is 0 Å². The smallest absolute Gasteiger partial charge is 0.254 e. The summed E-state index contributed by atoms with van der Waals surface area (Å²) < 4.78 is 11.9. The first-order valence-electron chi connectivity index (χ1n) is 8.83. The van der Waals surface area contributed by atoms with E-state index in [4.69, 9.17) is 9.47 Å². The van der Waals surface area contributed by atoms with E-state index in [2.05, 4.69) is 20.9 Å². The summed E-state index contributed by atoms with van der Waals surface area (Å²) in [5, 5.41) is 3.11. The molecule has 1 aromatic heterocycles. The molecule has 0 bridgehead atoms. The van der Waals surface area contributed by atoms with Gasteiger partial charge in [0.1, 0.15) is 0 Å². The van der Waals surface area contributed by atoms with Crippen molar-refractivity contribution >= 4 is 33.2 Å². The minimum absolute atomic E-state index is 0.0206. The largest absolute Gasteiger partial charge is 0.493 e. The van der Waals surface area contributed by atoms with Crippen LogP contribution in [0, 0.1) is 0 Å². The molecular weight excluding hydrogens is 416 g/mol. The lowest BCUT2D eigenvalue weighted by Crippen LogP contribution is -2.39. The maximum atomic E-state index is 13.1. The van der Waals surface area contributed by atoms with E-state index in [-0.39, 0.29) is 5.91 Å². The van der Waals surface area contributed by atoms with Crippen LogP contribution < -0.4 is 9.47 Å². The Bertz CT molecular complexity index is 751. The van der Waals surface area contributed by atoms with Gasteiger partial charge < -0.3 is 14.4 Å². The third-order valence-electron chi connectivity index (χ3n) is 4.44. The van der Waals surface area contributed by atoms with Crippen molar-refractivity contribution in [2.24, 2.45) is 0 Å². The molecule has 1 aliphatic rings. The Hall–Kier alpha value is -1.60. The van der Waals surface area contributed by atoms with Gasteiger partial charge in [0, 0.05) is 36.1 Å². The Balaban J connectivity index is 1.79. The number of ether oxygens (including phenoxy) is 2. The van der Waals surface area contributed by atoms with Gasteiger partial charge in [-0.1, -0.05) is 6.92 Å². The lowest BCUT2D eigenvalue weighted by atomic mass is 9.98. The molecule has 5 nitrogen and oxygen atoms in total. The van der Waals surface area contributed by atoms with Gasteiger partial charge in [-0.05, 0) is 47.3 Å². The first-order valence-corrected chi connectivity index (χ1v) is 10.5. The minimum Gasteiger partial charge on any atom is -0.493 e. The van der Waals surface area contributed by atoms with E-state index < -0.39 is 0 Å². The Morgan fingerprint density at radius 1 is 1.46 bits per heavy atom. The molecule has 0 spiro atoms. The van der Waals surface area contributed by atoms with Crippen LogP contribution in [0.3, 0.4) is 0 Å². The predicted octanol–water partition coefficient (Wildman–Crippen LogP) is 4.72. The van der Waals surface area contributed by atoms with Gasteiger partial charge in [-0.15, -0.1) is 11.3 Å². The second-order valence-electron chi connectivity index (χ2n) is 6.30. The molecule has 26 heavy (non-hydrogen) atoms. The van der Waals surface area contributed by atoms with Crippen LogP contribution in [-0.2, 0) is 0 Å². The zero-order valence-electron chi connectivity index (χ0n) is 15.0. The first kappa shape index (κ1) is 19.2. The molecule has 0 aliphatic carbocycles. The number of hydrogen-bond acceptors (Lipinski definition) is 5. The summed E-state index contributed by atoms with van der Waals surface area (Å²) in [4.78, 5) is 19.4. The number of piperidine rings is 1. The Morgan fingerprint density at radius 2 is 2.31 bits per heavy atom. The van der Waals surface area contributed by atoms with Crippen molar-refractivity contribution in [1.82, 2.24) is 9.88 Å². The molecule has 1 atom stereocenters. The van der Waals surface area contributed by atoms with E-state index in [0.29, 0.717) is 36.1 Å². The van der Waals surface area contributed by atoms with E-state index in [9.17, 15) is 4.79 Å². The number of likely N-dealkylation sites (tertiary alicyclic amines) is 1. The van der Waals surface area contributed by atoms with Crippen LogP contribution in [0.1, 0.15) is 47.5 Å². The van der Waals surface area contributed by atoms with Gasteiger partial charge >= 0.3 is 0 Å². The third kappa shape index (κ3) is 4.20. The quantitative estimate of drug-likeness (QED) is 0.654. The second kappa shape index (κ2) is 8.86. The zero-order chi connectivity index (χ0) is 18.5. The summed E-state index contributed by atoms with van der Waals surface area (Å²) >= 11 is 5.18. The molecule has 0 radical (unpaired) electrons. The molecule has 0 N–H and O–H groups in total. The SMILES string of the molecule is CCCOc1c(Br)cc(C(=O)N2CCCC(c3nccs3)C2)cc1OC. The summed E-state index contributed by atoms with van der Waals surface area (Å²) in [6, 6.07) is 3.59. The van der Waals surface area contributed by atoms with Crippen molar-refractivity contribution in [3.63, 3.8) is 0 Å². The molecule has 1 unspecified atom stereocenters. The molecular formula is C19H23BrN2O3S. The summed E-state index contributed by atoms with van der Waals surface area (Å²) in [5.41, 5.74) is 0.609. The minimum atomic E-state index is 0.0206. The average Bonchev–Trinajstić information content (AvgIpc) is 3.21. The van der Waals surface area contributed by atoms with Crippen molar-refractivity contribution in [3.05, 3.63) is 38.8 Å². The number of hydrogen-bond donors (Lipinski definition) is 0. The molecule has 1 fully saturated rings. The van der Waals surface area contributed by atoms with Crippen LogP contribution in [-0.4, -0.2) is 42.6 Å². The van der Waals surface area contributed by atoms with Crippen LogP contribution in [0.25, 0.3) is 0 Å². The van der Waals surface area contributed by atoms with Gasteiger partial charge in [0.25, 0.3) is 5.91 Å². The fourth-order valence-corrected chi connectivity index (χ4v) is 4.49. The second-order valence-corrected chi connectivity index (χ2v) is 8.08. The number of halogens is 1. The van der Waals surface area contributed by atoms with Gasteiger partial charge in [-0.3, -0.25) is 4.79 Å². The molecule has 7 heteroatoms. The number of rotatable bonds is 6. The van der Waals surface area contributed by atoms with Crippen LogP contribution in [0.4, 0.5) is 0 Å². The molecule has 1 aliphatic heterocycles. The fourth-order valence-electron chi connectivity index (χ4n) is 3.17. The number of methoxy groups -OCH3 is 1. The number of carbonyl (C=O) groups excluding carboxylic acids is 1. The van der Waals surface area contributed by atoms with Gasteiger partial charge in [0.15, 0.2) is 11.5 Å². The highest BCUT2D eigenvalue weighted by Crippen LogP contribution is 2.37. The molecule has 1 saturated heterocycles. The normalized spacial score (nSPS) is 17.2. The molecule has 3 rings (SSSR count). The Labute approximate surface area is 166 Å². The van der Waals surface area contributed by atoms with Crippen molar-refractivity contribution in [2.45, 2.75) is 32.1 Å². The molecule has 1 amide bonds. The number of carbonyl (C=O) groups is 1. The monoisotopic (exact) mass is 438 g/mol. The van der Waals surface area contributed by atoms with E-state index in [1.54, 1.807) is 24.5 Å². The van der Waals surface area contributed by atoms with Crippen LogP contribution in [0.2, 0.25) is 0 Å². The highest BCUT2D eigenvalue weighted by molar-refractivity contribution is 9.10. The first-order chi connectivity index (χ1) is 12.6. The number of amides is 1. The van der Waals surface area contributed by atoms with Gasteiger partial charge in [-0.25, -0.2) is 4.98 Å². The van der Waals surface area contributed by atoms with E-state index in [0.717, 1.165) is 35.3 Å². The Kier molecular flexibility index (Phi) is 6.53. The Morgan fingerprint density at radius 3 is 3.00 bits per heavy atom.